The van der Waals surface area contributed by atoms with E-state index in [4.69, 9.17) is 0 Å². The van der Waals surface area contributed by atoms with Gasteiger partial charge >= 0.3 is 6.03 Å². The number of rotatable bonds is 7. The fourth-order valence-electron chi connectivity index (χ4n) is 5.11. The zero-order chi connectivity index (χ0) is 22.9. The monoisotopic (exact) mass is 437 g/mol. The molecule has 1 aromatic carbocycles. The van der Waals surface area contributed by atoms with Crippen molar-refractivity contribution in [1.29, 1.82) is 0 Å². The van der Waals surface area contributed by atoms with Gasteiger partial charge in [0.2, 0.25) is 0 Å². The molecular weight excluding hydrogens is 402 g/mol. The SMILES string of the molecule is Cc1nn(C)cc1CN1CCC2(CC1)C(=O)N(CC(C)C)C(=O)N2CCc1ccccc1. The molecule has 0 bridgehead atoms. The van der Waals surface area contributed by atoms with Crippen LogP contribution in [0.3, 0.4) is 0 Å². The van der Waals surface area contributed by atoms with E-state index < -0.39 is 5.54 Å². The third-order valence-corrected chi connectivity index (χ3v) is 6.83. The summed E-state index contributed by atoms with van der Waals surface area (Å²) < 4.78 is 1.85. The number of piperidine rings is 1. The maximum absolute atomic E-state index is 13.6. The fraction of sp³-hybridized carbons (Fsp3) is 0.560. The highest BCUT2D eigenvalue weighted by Gasteiger charge is 2.57. The van der Waals surface area contributed by atoms with Crippen LogP contribution in [0.15, 0.2) is 36.5 Å². The smallest absolute Gasteiger partial charge is 0.309 e. The predicted molar refractivity (Wildman–Crippen MR) is 124 cm³/mol. The predicted octanol–water partition coefficient (Wildman–Crippen LogP) is 3.23. The minimum Gasteiger partial charge on any atom is -0.309 e. The summed E-state index contributed by atoms with van der Waals surface area (Å²) in [5, 5.41) is 4.45. The van der Waals surface area contributed by atoms with E-state index in [-0.39, 0.29) is 17.9 Å². The standard InChI is InChI=1S/C25H35N5O2/c1-19(2)16-29-23(31)25(30(24(29)32)13-10-21-8-6-5-7-9-21)11-14-28(15-12-25)18-22-17-27(4)26-20(22)3/h5-9,17,19H,10-16,18H2,1-4H3. The van der Waals surface area contributed by atoms with Crippen molar-refractivity contribution in [3.63, 3.8) is 0 Å². The van der Waals surface area contributed by atoms with Gasteiger partial charge in [0.15, 0.2) is 0 Å². The highest BCUT2D eigenvalue weighted by Crippen LogP contribution is 2.38. The number of benzene rings is 1. The topological polar surface area (TPSA) is 61.7 Å². The number of hydrogen-bond donors (Lipinski definition) is 0. The van der Waals surface area contributed by atoms with E-state index in [1.807, 2.05) is 41.8 Å². The molecule has 0 saturated carbocycles. The van der Waals surface area contributed by atoms with Gasteiger partial charge in [-0.2, -0.15) is 5.10 Å². The Morgan fingerprint density at radius 1 is 1.09 bits per heavy atom. The Kier molecular flexibility index (Phi) is 6.38. The van der Waals surface area contributed by atoms with Crippen LogP contribution in [0.25, 0.3) is 0 Å². The molecule has 32 heavy (non-hydrogen) atoms. The van der Waals surface area contributed by atoms with Crippen LogP contribution in [0, 0.1) is 12.8 Å². The van der Waals surface area contributed by atoms with Gasteiger partial charge in [0.1, 0.15) is 5.54 Å². The molecule has 2 aliphatic rings. The minimum atomic E-state index is -0.707. The Morgan fingerprint density at radius 2 is 1.78 bits per heavy atom. The van der Waals surface area contributed by atoms with Crippen molar-refractivity contribution >= 4 is 11.9 Å². The first-order chi connectivity index (χ1) is 15.3. The minimum absolute atomic E-state index is 0.00136. The number of amides is 3. The van der Waals surface area contributed by atoms with Crippen LogP contribution in [-0.4, -0.2) is 68.1 Å². The van der Waals surface area contributed by atoms with Crippen molar-refractivity contribution < 1.29 is 9.59 Å². The molecule has 2 fully saturated rings. The molecule has 3 amide bonds. The highest BCUT2D eigenvalue weighted by molar-refractivity contribution is 6.07. The van der Waals surface area contributed by atoms with Crippen LogP contribution in [0.2, 0.25) is 0 Å². The van der Waals surface area contributed by atoms with E-state index >= 15 is 0 Å². The van der Waals surface area contributed by atoms with Crippen LogP contribution < -0.4 is 0 Å². The third kappa shape index (κ3) is 4.31. The van der Waals surface area contributed by atoms with E-state index in [1.165, 1.54) is 16.0 Å². The number of aromatic nitrogens is 2. The summed E-state index contributed by atoms with van der Waals surface area (Å²) in [5.41, 5.74) is 2.75. The van der Waals surface area contributed by atoms with Crippen LogP contribution in [0.1, 0.15) is 43.5 Å². The van der Waals surface area contributed by atoms with Crippen molar-refractivity contribution in [2.75, 3.05) is 26.2 Å². The summed E-state index contributed by atoms with van der Waals surface area (Å²) in [5.74, 6) is 0.254. The lowest BCUT2D eigenvalue weighted by molar-refractivity contribution is -0.136. The van der Waals surface area contributed by atoms with Gasteiger partial charge < -0.3 is 4.90 Å². The first-order valence-corrected chi connectivity index (χ1v) is 11.7. The van der Waals surface area contributed by atoms with E-state index in [9.17, 15) is 9.59 Å². The zero-order valence-electron chi connectivity index (χ0n) is 19.8. The van der Waals surface area contributed by atoms with E-state index in [2.05, 4.69) is 42.2 Å². The van der Waals surface area contributed by atoms with Gasteiger partial charge in [-0.25, -0.2) is 4.79 Å². The second-order valence-corrected chi connectivity index (χ2v) is 9.70. The molecule has 1 aromatic heterocycles. The second kappa shape index (κ2) is 9.06. The molecule has 2 aromatic rings. The van der Waals surface area contributed by atoms with E-state index in [1.54, 1.807) is 0 Å². The summed E-state index contributed by atoms with van der Waals surface area (Å²) in [7, 11) is 1.94. The highest BCUT2D eigenvalue weighted by atomic mass is 16.2. The molecule has 0 unspecified atom stereocenters. The average molecular weight is 438 g/mol. The molecule has 0 atom stereocenters. The van der Waals surface area contributed by atoms with Crippen molar-refractivity contribution in [2.45, 2.75) is 52.1 Å². The lowest BCUT2D eigenvalue weighted by Crippen LogP contribution is -2.56. The molecule has 0 aliphatic carbocycles. The molecular formula is C25H35N5O2. The number of nitrogens with zero attached hydrogens (tertiary/aromatic N) is 5. The fourth-order valence-corrected chi connectivity index (χ4v) is 5.11. The lowest BCUT2D eigenvalue weighted by Gasteiger charge is -2.42. The summed E-state index contributed by atoms with van der Waals surface area (Å²) in [6, 6.07) is 10.1. The number of likely N-dealkylation sites (tertiary alicyclic amines) is 1. The summed E-state index contributed by atoms with van der Waals surface area (Å²) in [6.07, 6.45) is 4.19. The van der Waals surface area contributed by atoms with Gasteiger partial charge in [-0.3, -0.25) is 19.3 Å². The number of imide groups is 1. The van der Waals surface area contributed by atoms with Gasteiger partial charge in [-0.05, 0) is 37.7 Å². The quantitative estimate of drug-likeness (QED) is 0.624. The second-order valence-electron chi connectivity index (χ2n) is 9.70. The third-order valence-electron chi connectivity index (χ3n) is 6.83. The van der Waals surface area contributed by atoms with Crippen molar-refractivity contribution in [1.82, 2.24) is 24.5 Å². The van der Waals surface area contributed by atoms with Crippen molar-refractivity contribution in [3.8, 4) is 0 Å². The molecule has 7 nitrogen and oxygen atoms in total. The van der Waals surface area contributed by atoms with Gasteiger partial charge in [0.05, 0.1) is 5.69 Å². The number of aryl methyl sites for hydroxylation is 2. The molecule has 7 heteroatoms. The first kappa shape index (κ1) is 22.5. The molecule has 2 aliphatic heterocycles. The van der Waals surface area contributed by atoms with Crippen molar-refractivity contribution in [2.24, 2.45) is 13.0 Å². The molecule has 2 saturated heterocycles. The van der Waals surface area contributed by atoms with E-state index in [0.717, 1.165) is 31.7 Å². The van der Waals surface area contributed by atoms with Gasteiger partial charge in [-0.15, -0.1) is 0 Å². The van der Waals surface area contributed by atoms with Crippen molar-refractivity contribution in [3.05, 3.63) is 53.3 Å². The van der Waals surface area contributed by atoms with E-state index in [0.29, 0.717) is 25.9 Å². The Balaban J connectivity index is 1.51. The largest absolute Gasteiger partial charge is 0.327 e. The van der Waals surface area contributed by atoms with Crippen LogP contribution >= 0.6 is 0 Å². The molecule has 0 radical (unpaired) electrons. The molecule has 1 spiro atoms. The summed E-state index contributed by atoms with van der Waals surface area (Å²) >= 11 is 0. The Bertz CT molecular complexity index is 960. The Labute approximate surface area is 191 Å². The first-order valence-electron chi connectivity index (χ1n) is 11.7. The normalized spacial score (nSPS) is 19.0. The molecule has 4 rings (SSSR count). The lowest BCUT2D eigenvalue weighted by atomic mass is 9.85. The molecule has 3 heterocycles. The van der Waals surface area contributed by atoms with Crippen LogP contribution in [-0.2, 0) is 24.8 Å². The molecule has 172 valence electrons. The summed E-state index contributed by atoms with van der Waals surface area (Å²) in [4.78, 5) is 32.8. The molecule has 0 N–H and O–H groups in total. The number of carbonyl (C=O) groups excluding carboxylic acids is 2. The van der Waals surface area contributed by atoms with Gasteiger partial charge in [0, 0.05) is 51.5 Å². The Morgan fingerprint density at radius 3 is 2.38 bits per heavy atom. The number of urea groups is 1. The number of hydrogen-bond acceptors (Lipinski definition) is 4. The van der Waals surface area contributed by atoms with Gasteiger partial charge in [-0.1, -0.05) is 44.2 Å². The maximum atomic E-state index is 13.6. The average Bonchev–Trinajstić information content (AvgIpc) is 3.17. The van der Waals surface area contributed by atoms with Crippen LogP contribution in [0.5, 0.6) is 0 Å². The number of carbonyl (C=O) groups is 2. The Hall–Kier alpha value is -2.67. The van der Waals surface area contributed by atoms with Gasteiger partial charge in [0.25, 0.3) is 5.91 Å². The van der Waals surface area contributed by atoms with Crippen LogP contribution in [0.4, 0.5) is 4.79 Å². The summed E-state index contributed by atoms with van der Waals surface area (Å²) in [6.45, 7) is 9.63. The zero-order valence-corrected chi connectivity index (χ0v) is 19.8. The maximum Gasteiger partial charge on any atom is 0.327 e.